The molecule has 3 nitrogen and oxygen atoms in total. The highest BCUT2D eigenvalue weighted by molar-refractivity contribution is 5.87. The van der Waals surface area contributed by atoms with E-state index in [1.54, 1.807) is 13.2 Å². The number of benzene rings is 2. The highest BCUT2D eigenvalue weighted by atomic mass is 16.1. The highest BCUT2D eigenvalue weighted by Gasteiger charge is 2.08. The van der Waals surface area contributed by atoms with E-state index in [9.17, 15) is 4.79 Å². The fourth-order valence-electron chi connectivity index (χ4n) is 2.63. The van der Waals surface area contributed by atoms with Gasteiger partial charge in [-0.1, -0.05) is 36.4 Å². The minimum atomic E-state index is 0.0567. The summed E-state index contributed by atoms with van der Waals surface area (Å²) >= 11 is 0. The average molecular weight is 290 g/mol. The van der Waals surface area contributed by atoms with Gasteiger partial charge in [-0.2, -0.15) is 0 Å². The summed E-state index contributed by atoms with van der Waals surface area (Å²) in [6, 6.07) is 16.7. The van der Waals surface area contributed by atoms with Crippen molar-refractivity contribution in [2.45, 2.75) is 12.8 Å². The van der Waals surface area contributed by atoms with Crippen LogP contribution in [0.2, 0.25) is 0 Å². The lowest BCUT2D eigenvalue weighted by Crippen LogP contribution is -2.18. The predicted octanol–water partition coefficient (Wildman–Crippen LogP) is 3.58. The van der Waals surface area contributed by atoms with Crippen LogP contribution in [0.4, 0.5) is 0 Å². The van der Waals surface area contributed by atoms with Gasteiger partial charge < -0.3 is 5.32 Å². The Bertz CT molecular complexity index is 811. The van der Waals surface area contributed by atoms with Gasteiger partial charge in [0.1, 0.15) is 0 Å². The molecule has 0 bridgehead atoms. The third kappa shape index (κ3) is 2.98. The van der Waals surface area contributed by atoms with E-state index in [2.05, 4.69) is 40.6 Å². The van der Waals surface area contributed by atoms with Crippen molar-refractivity contribution >= 4 is 16.7 Å². The van der Waals surface area contributed by atoms with Crippen LogP contribution in [0.1, 0.15) is 12.0 Å². The zero-order valence-corrected chi connectivity index (χ0v) is 12.5. The number of hydrogen-bond donors (Lipinski definition) is 1. The van der Waals surface area contributed by atoms with Crippen LogP contribution in [-0.2, 0) is 11.2 Å². The molecule has 3 aromatic rings. The number of nitrogens with zero attached hydrogens (tertiary/aromatic N) is 1. The summed E-state index contributed by atoms with van der Waals surface area (Å²) in [5, 5.41) is 5.10. The van der Waals surface area contributed by atoms with Crippen molar-refractivity contribution in [1.29, 1.82) is 0 Å². The molecule has 0 saturated heterocycles. The van der Waals surface area contributed by atoms with E-state index in [1.165, 1.54) is 10.8 Å². The van der Waals surface area contributed by atoms with E-state index < -0.39 is 0 Å². The Morgan fingerprint density at radius 2 is 1.91 bits per heavy atom. The Labute approximate surface area is 130 Å². The highest BCUT2D eigenvalue weighted by Crippen LogP contribution is 2.27. The van der Waals surface area contributed by atoms with Crippen LogP contribution >= 0.6 is 0 Å². The van der Waals surface area contributed by atoms with Crippen molar-refractivity contribution in [2.75, 3.05) is 7.05 Å². The Balaban J connectivity index is 1.97. The fourth-order valence-corrected chi connectivity index (χ4v) is 2.63. The van der Waals surface area contributed by atoms with Crippen LogP contribution in [0.5, 0.6) is 0 Å². The molecule has 0 unspecified atom stereocenters. The van der Waals surface area contributed by atoms with Crippen molar-refractivity contribution in [1.82, 2.24) is 10.3 Å². The van der Waals surface area contributed by atoms with Gasteiger partial charge in [0.25, 0.3) is 0 Å². The molecule has 0 atom stereocenters. The van der Waals surface area contributed by atoms with E-state index in [0.29, 0.717) is 12.8 Å². The summed E-state index contributed by atoms with van der Waals surface area (Å²) in [5.74, 6) is 0.0567. The molecule has 3 rings (SSSR count). The van der Waals surface area contributed by atoms with E-state index in [1.807, 2.05) is 24.4 Å². The van der Waals surface area contributed by atoms with Gasteiger partial charge in [-0.05, 0) is 40.5 Å². The van der Waals surface area contributed by atoms with Crippen LogP contribution in [-0.4, -0.2) is 17.9 Å². The fraction of sp³-hybridized carbons (Fsp3) is 0.158. The zero-order valence-electron chi connectivity index (χ0n) is 12.5. The maximum absolute atomic E-state index is 11.5. The quantitative estimate of drug-likeness (QED) is 0.798. The third-order valence-electron chi connectivity index (χ3n) is 3.87. The van der Waals surface area contributed by atoms with Crippen molar-refractivity contribution in [3.05, 3.63) is 66.5 Å². The first kappa shape index (κ1) is 14.3. The van der Waals surface area contributed by atoms with Gasteiger partial charge in [-0.3, -0.25) is 9.78 Å². The van der Waals surface area contributed by atoms with Gasteiger partial charge in [-0.25, -0.2) is 0 Å². The second-order valence-electron chi connectivity index (χ2n) is 5.27. The molecule has 22 heavy (non-hydrogen) atoms. The largest absolute Gasteiger partial charge is 0.359 e. The third-order valence-corrected chi connectivity index (χ3v) is 3.87. The van der Waals surface area contributed by atoms with Crippen LogP contribution in [0.25, 0.3) is 21.9 Å². The number of nitrogens with one attached hydrogen (secondary N) is 1. The molecule has 0 aliphatic heterocycles. The van der Waals surface area contributed by atoms with Gasteiger partial charge in [0.2, 0.25) is 5.91 Å². The number of amides is 1. The second kappa shape index (κ2) is 6.39. The minimum absolute atomic E-state index is 0.0567. The summed E-state index contributed by atoms with van der Waals surface area (Å²) in [7, 11) is 1.67. The van der Waals surface area contributed by atoms with Crippen LogP contribution in [0.15, 0.2) is 60.9 Å². The molecule has 2 aromatic carbocycles. The van der Waals surface area contributed by atoms with Crippen molar-refractivity contribution < 1.29 is 4.79 Å². The molecule has 3 heteroatoms. The maximum atomic E-state index is 11.5. The average Bonchev–Trinajstić information content (AvgIpc) is 2.59. The lowest BCUT2D eigenvalue weighted by molar-refractivity contribution is -0.120. The molecule has 0 spiro atoms. The number of fused-ring (bicyclic) bond motifs is 1. The van der Waals surface area contributed by atoms with Crippen molar-refractivity contribution in [2.24, 2.45) is 0 Å². The summed E-state index contributed by atoms with van der Waals surface area (Å²) < 4.78 is 0. The monoisotopic (exact) mass is 290 g/mol. The Hall–Kier alpha value is -2.68. The van der Waals surface area contributed by atoms with E-state index in [0.717, 1.165) is 16.7 Å². The van der Waals surface area contributed by atoms with Gasteiger partial charge in [-0.15, -0.1) is 0 Å². The maximum Gasteiger partial charge on any atom is 0.220 e. The molecular weight excluding hydrogens is 272 g/mol. The van der Waals surface area contributed by atoms with E-state index in [-0.39, 0.29) is 5.91 Å². The lowest BCUT2D eigenvalue weighted by Gasteiger charge is -2.10. The number of carbonyl (C=O) groups is 1. The number of aromatic nitrogens is 1. The number of carbonyl (C=O) groups excluding carboxylic acids is 1. The van der Waals surface area contributed by atoms with Crippen LogP contribution in [0, 0.1) is 0 Å². The Morgan fingerprint density at radius 1 is 1.09 bits per heavy atom. The molecule has 1 N–H and O–H groups in total. The zero-order chi connectivity index (χ0) is 15.4. The molecule has 0 aliphatic rings. The predicted molar refractivity (Wildman–Crippen MR) is 89.6 cm³/mol. The number of aryl methyl sites for hydroxylation is 1. The minimum Gasteiger partial charge on any atom is -0.359 e. The van der Waals surface area contributed by atoms with E-state index >= 15 is 0 Å². The van der Waals surface area contributed by atoms with Crippen molar-refractivity contribution in [3.8, 4) is 11.1 Å². The topological polar surface area (TPSA) is 42.0 Å². The smallest absolute Gasteiger partial charge is 0.220 e. The second-order valence-corrected chi connectivity index (χ2v) is 5.27. The summed E-state index contributed by atoms with van der Waals surface area (Å²) in [6.07, 6.45) is 4.86. The molecule has 0 fully saturated rings. The number of rotatable bonds is 4. The first-order valence-electron chi connectivity index (χ1n) is 7.40. The molecule has 0 saturated carbocycles. The molecule has 1 heterocycles. The SMILES string of the molecule is CNC(=O)CCc1ccncc1-c1ccc2ccccc2c1. The standard InChI is InChI=1S/C19H18N2O/c1-20-19(22)9-8-15-10-11-21-13-18(15)17-7-6-14-4-2-3-5-16(14)12-17/h2-7,10-13H,8-9H2,1H3,(H,20,22). The Kier molecular flexibility index (Phi) is 4.15. The molecule has 0 radical (unpaired) electrons. The van der Waals surface area contributed by atoms with Crippen molar-refractivity contribution in [3.63, 3.8) is 0 Å². The number of hydrogen-bond acceptors (Lipinski definition) is 2. The summed E-state index contributed by atoms with van der Waals surface area (Å²) in [5.41, 5.74) is 3.38. The van der Waals surface area contributed by atoms with Crippen LogP contribution < -0.4 is 5.32 Å². The lowest BCUT2D eigenvalue weighted by atomic mass is 9.96. The number of pyridine rings is 1. The first-order chi connectivity index (χ1) is 10.8. The van der Waals surface area contributed by atoms with E-state index in [4.69, 9.17) is 0 Å². The summed E-state index contributed by atoms with van der Waals surface area (Å²) in [6.45, 7) is 0. The normalized spacial score (nSPS) is 10.6. The van der Waals surface area contributed by atoms with Gasteiger partial charge in [0.15, 0.2) is 0 Å². The van der Waals surface area contributed by atoms with Gasteiger partial charge in [0, 0.05) is 31.4 Å². The molecule has 0 aliphatic carbocycles. The molecule has 1 amide bonds. The van der Waals surface area contributed by atoms with Gasteiger partial charge in [0.05, 0.1) is 0 Å². The molecule has 110 valence electrons. The van der Waals surface area contributed by atoms with Crippen LogP contribution in [0.3, 0.4) is 0 Å². The Morgan fingerprint density at radius 3 is 2.73 bits per heavy atom. The first-order valence-corrected chi connectivity index (χ1v) is 7.40. The molecule has 1 aromatic heterocycles. The van der Waals surface area contributed by atoms with Gasteiger partial charge >= 0.3 is 0 Å². The summed E-state index contributed by atoms with van der Waals surface area (Å²) in [4.78, 5) is 15.7. The molecular formula is C19H18N2O.